The second-order valence-electron chi connectivity index (χ2n) is 5.72. The fourth-order valence-corrected chi connectivity index (χ4v) is 2.55. The Hall–Kier alpha value is -2.69. The topological polar surface area (TPSA) is 42.4 Å². The molecule has 5 heteroatoms. The first-order chi connectivity index (χ1) is 11.7. The van der Waals surface area contributed by atoms with Crippen molar-refractivity contribution >= 4 is 5.78 Å². The Labute approximate surface area is 140 Å². The summed E-state index contributed by atoms with van der Waals surface area (Å²) in [5.74, 6) is 0.448. The average molecular weight is 326 g/mol. The molecule has 0 spiro atoms. The summed E-state index contributed by atoms with van der Waals surface area (Å²) in [6, 6.07) is 8.99. The maximum atomic E-state index is 12.9. The van der Waals surface area contributed by atoms with E-state index < -0.39 is 0 Å². The first-order valence-electron chi connectivity index (χ1n) is 8.07. The van der Waals surface area contributed by atoms with Gasteiger partial charge in [-0.2, -0.15) is 0 Å². The van der Waals surface area contributed by atoms with Crippen LogP contribution in [0.15, 0.2) is 54.9 Å². The summed E-state index contributed by atoms with van der Waals surface area (Å²) in [6.45, 7) is 2.01. The Morgan fingerprint density at radius 1 is 1.08 bits per heavy atom. The zero-order chi connectivity index (χ0) is 16.8. The SMILES string of the molecule is O=C(C=CN1CCCCC1)c1ccc(Oc2ccc(F)cc2)nc1. The summed E-state index contributed by atoms with van der Waals surface area (Å²) < 4.78 is 18.4. The van der Waals surface area contributed by atoms with Crippen molar-refractivity contribution in [3.8, 4) is 11.6 Å². The van der Waals surface area contributed by atoms with Gasteiger partial charge in [-0.05, 0) is 49.6 Å². The van der Waals surface area contributed by atoms with Crippen molar-refractivity contribution in [3.63, 3.8) is 0 Å². The molecule has 0 atom stereocenters. The number of hydrogen-bond acceptors (Lipinski definition) is 4. The number of pyridine rings is 1. The molecule has 1 saturated heterocycles. The highest BCUT2D eigenvalue weighted by Crippen LogP contribution is 2.19. The van der Waals surface area contributed by atoms with Crippen LogP contribution in [0.2, 0.25) is 0 Å². The molecule has 0 bridgehead atoms. The van der Waals surface area contributed by atoms with Crippen LogP contribution in [0.5, 0.6) is 11.6 Å². The molecule has 1 aliphatic heterocycles. The fraction of sp³-hybridized carbons (Fsp3) is 0.263. The number of hydrogen-bond donors (Lipinski definition) is 0. The van der Waals surface area contributed by atoms with E-state index in [0.29, 0.717) is 17.2 Å². The zero-order valence-electron chi connectivity index (χ0n) is 13.3. The Balaban J connectivity index is 1.59. The van der Waals surface area contributed by atoms with E-state index in [2.05, 4.69) is 9.88 Å². The molecular formula is C19H19FN2O2. The Morgan fingerprint density at radius 3 is 2.50 bits per heavy atom. The fourth-order valence-electron chi connectivity index (χ4n) is 2.55. The van der Waals surface area contributed by atoms with Gasteiger partial charge >= 0.3 is 0 Å². The number of likely N-dealkylation sites (tertiary alicyclic amines) is 1. The Morgan fingerprint density at radius 2 is 1.83 bits per heavy atom. The number of carbonyl (C=O) groups excluding carboxylic acids is 1. The molecule has 4 nitrogen and oxygen atoms in total. The minimum atomic E-state index is -0.322. The minimum Gasteiger partial charge on any atom is -0.439 e. The predicted molar refractivity (Wildman–Crippen MR) is 89.6 cm³/mol. The summed E-state index contributed by atoms with van der Waals surface area (Å²) >= 11 is 0. The van der Waals surface area contributed by atoms with Gasteiger partial charge in [0, 0.05) is 43.2 Å². The van der Waals surface area contributed by atoms with Gasteiger partial charge in [-0.3, -0.25) is 4.79 Å². The van der Waals surface area contributed by atoms with Crippen LogP contribution in [0.1, 0.15) is 29.6 Å². The Bertz CT molecular complexity index is 705. The number of aromatic nitrogens is 1. The average Bonchev–Trinajstić information content (AvgIpc) is 2.63. The van der Waals surface area contributed by atoms with Crippen LogP contribution in [0.3, 0.4) is 0 Å². The first kappa shape index (κ1) is 16.2. The van der Waals surface area contributed by atoms with Crippen LogP contribution in [0, 0.1) is 5.82 Å². The number of nitrogens with zero attached hydrogens (tertiary/aromatic N) is 2. The molecule has 0 amide bonds. The molecule has 1 aromatic carbocycles. The second-order valence-corrected chi connectivity index (χ2v) is 5.72. The number of benzene rings is 1. The van der Waals surface area contributed by atoms with Crippen LogP contribution < -0.4 is 4.74 Å². The highest BCUT2D eigenvalue weighted by molar-refractivity contribution is 6.04. The summed E-state index contributed by atoms with van der Waals surface area (Å²) in [6.07, 6.45) is 8.55. The van der Waals surface area contributed by atoms with Crippen molar-refractivity contribution < 1.29 is 13.9 Å². The number of halogens is 1. The lowest BCUT2D eigenvalue weighted by atomic mass is 10.1. The summed E-state index contributed by atoms with van der Waals surface area (Å²) in [5, 5.41) is 0. The van der Waals surface area contributed by atoms with E-state index in [1.807, 2.05) is 6.20 Å². The van der Waals surface area contributed by atoms with Gasteiger partial charge in [0.25, 0.3) is 0 Å². The van der Waals surface area contributed by atoms with Crippen molar-refractivity contribution in [1.29, 1.82) is 0 Å². The molecular weight excluding hydrogens is 307 g/mol. The van der Waals surface area contributed by atoms with Crippen LogP contribution in [-0.2, 0) is 0 Å². The molecule has 3 rings (SSSR count). The van der Waals surface area contributed by atoms with E-state index in [-0.39, 0.29) is 11.6 Å². The highest BCUT2D eigenvalue weighted by Gasteiger charge is 2.08. The maximum absolute atomic E-state index is 12.9. The summed E-state index contributed by atoms with van der Waals surface area (Å²) in [4.78, 5) is 18.5. The number of ketones is 1. The minimum absolute atomic E-state index is 0.0820. The zero-order valence-corrected chi connectivity index (χ0v) is 13.3. The van der Waals surface area contributed by atoms with Gasteiger partial charge < -0.3 is 9.64 Å². The van der Waals surface area contributed by atoms with Gasteiger partial charge in [0.1, 0.15) is 11.6 Å². The Kier molecular flexibility index (Phi) is 5.21. The smallest absolute Gasteiger partial charge is 0.219 e. The van der Waals surface area contributed by atoms with Crippen LogP contribution in [0.4, 0.5) is 4.39 Å². The highest BCUT2D eigenvalue weighted by atomic mass is 19.1. The molecule has 0 aliphatic carbocycles. The van der Waals surface area contributed by atoms with E-state index in [1.165, 1.54) is 49.7 Å². The lowest BCUT2D eigenvalue weighted by Crippen LogP contribution is -2.24. The lowest BCUT2D eigenvalue weighted by Gasteiger charge is -2.24. The molecule has 1 aliphatic rings. The van der Waals surface area contributed by atoms with E-state index >= 15 is 0 Å². The third-order valence-corrected chi connectivity index (χ3v) is 3.88. The number of piperidine rings is 1. The number of carbonyl (C=O) groups is 1. The number of rotatable bonds is 5. The van der Waals surface area contributed by atoms with Crippen molar-refractivity contribution in [2.45, 2.75) is 19.3 Å². The summed E-state index contributed by atoms with van der Waals surface area (Å²) in [5.41, 5.74) is 0.509. The normalized spacial score (nSPS) is 14.8. The number of allylic oxidation sites excluding steroid dienone is 1. The van der Waals surface area contributed by atoms with Gasteiger partial charge in [0.05, 0.1) is 0 Å². The van der Waals surface area contributed by atoms with E-state index in [9.17, 15) is 9.18 Å². The van der Waals surface area contributed by atoms with E-state index in [4.69, 9.17) is 4.74 Å². The maximum Gasteiger partial charge on any atom is 0.219 e. The predicted octanol–water partition coefficient (Wildman–Crippen LogP) is 4.20. The third-order valence-electron chi connectivity index (χ3n) is 3.88. The van der Waals surface area contributed by atoms with Crippen LogP contribution >= 0.6 is 0 Å². The van der Waals surface area contributed by atoms with Crippen LogP contribution in [-0.4, -0.2) is 28.8 Å². The quantitative estimate of drug-likeness (QED) is 0.610. The molecule has 0 N–H and O–H groups in total. The molecule has 2 aromatic rings. The molecule has 0 saturated carbocycles. The molecule has 1 fully saturated rings. The van der Waals surface area contributed by atoms with Crippen molar-refractivity contribution in [2.75, 3.05) is 13.1 Å². The second kappa shape index (κ2) is 7.73. The van der Waals surface area contributed by atoms with E-state index in [0.717, 1.165) is 13.1 Å². The van der Waals surface area contributed by atoms with Crippen LogP contribution in [0.25, 0.3) is 0 Å². The lowest BCUT2D eigenvalue weighted by molar-refractivity contribution is 0.104. The van der Waals surface area contributed by atoms with Crippen molar-refractivity contribution in [3.05, 3.63) is 66.3 Å². The van der Waals surface area contributed by atoms with Gasteiger partial charge in [-0.25, -0.2) is 9.37 Å². The van der Waals surface area contributed by atoms with Crippen molar-refractivity contribution in [1.82, 2.24) is 9.88 Å². The summed E-state index contributed by atoms with van der Waals surface area (Å²) in [7, 11) is 0. The van der Waals surface area contributed by atoms with Crippen molar-refractivity contribution in [2.24, 2.45) is 0 Å². The molecule has 0 radical (unpaired) electrons. The van der Waals surface area contributed by atoms with Gasteiger partial charge in [0.15, 0.2) is 5.78 Å². The monoisotopic (exact) mass is 326 g/mol. The van der Waals surface area contributed by atoms with Gasteiger partial charge in [-0.15, -0.1) is 0 Å². The number of ether oxygens (including phenoxy) is 1. The first-order valence-corrected chi connectivity index (χ1v) is 8.07. The van der Waals surface area contributed by atoms with Gasteiger partial charge in [-0.1, -0.05) is 0 Å². The molecule has 2 heterocycles. The van der Waals surface area contributed by atoms with Gasteiger partial charge in [0.2, 0.25) is 5.88 Å². The molecule has 124 valence electrons. The van der Waals surface area contributed by atoms with E-state index in [1.54, 1.807) is 18.2 Å². The largest absolute Gasteiger partial charge is 0.439 e. The molecule has 1 aromatic heterocycles. The third kappa shape index (κ3) is 4.41. The molecule has 24 heavy (non-hydrogen) atoms. The molecule has 0 unspecified atom stereocenters. The standard InChI is InChI=1S/C19H19FN2O2/c20-16-5-7-17(8-6-16)24-19-9-4-15(14-21-19)18(23)10-13-22-11-2-1-3-12-22/h4-10,13-14H,1-3,11-12H2.